The summed E-state index contributed by atoms with van der Waals surface area (Å²) < 4.78 is 0. The van der Waals surface area contributed by atoms with Crippen LogP contribution in [0, 0.1) is 6.92 Å². The third-order valence-electron chi connectivity index (χ3n) is 3.57. The molecule has 5 heteroatoms. The summed E-state index contributed by atoms with van der Waals surface area (Å²) in [6.45, 7) is 5.03. The molecule has 0 aliphatic heterocycles. The van der Waals surface area contributed by atoms with Crippen LogP contribution in [0.4, 0.5) is 0 Å². The van der Waals surface area contributed by atoms with E-state index in [-0.39, 0.29) is 24.8 Å². The molecule has 0 radical (unpaired) electrons. The second kappa shape index (κ2) is 7.22. The number of rotatable bonds is 7. The second-order valence-electron chi connectivity index (χ2n) is 5.62. The number of aromatic amines is 1. The number of benzene rings is 1. The number of H-pyrrole nitrogens is 1. The third-order valence-corrected chi connectivity index (χ3v) is 3.57. The van der Waals surface area contributed by atoms with Crippen molar-refractivity contribution in [1.82, 2.24) is 15.2 Å². The fourth-order valence-corrected chi connectivity index (χ4v) is 2.58. The molecule has 0 atom stereocenters. The van der Waals surface area contributed by atoms with Gasteiger partial charge in [0.15, 0.2) is 5.78 Å². The van der Waals surface area contributed by atoms with Gasteiger partial charge in [-0.15, -0.1) is 0 Å². The highest BCUT2D eigenvalue weighted by atomic mass is 16.2. The molecule has 22 heavy (non-hydrogen) atoms. The lowest BCUT2D eigenvalue weighted by atomic mass is 10.1. The Morgan fingerprint density at radius 2 is 1.95 bits per heavy atom. The summed E-state index contributed by atoms with van der Waals surface area (Å²) in [7, 11) is 1.79. The maximum atomic E-state index is 12.6. The Morgan fingerprint density at radius 3 is 2.68 bits per heavy atom. The first-order valence-corrected chi connectivity index (χ1v) is 7.58. The SMILES string of the molecule is CCCNC(=O)CN(C)CC(=O)c1c(C)[nH]c2ccccc12. The summed E-state index contributed by atoms with van der Waals surface area (Å²) in [6.07, 6.45) is 0.906. The molecular formula is C17H23N3O2. The van der Waals surface area contributed by atoms with Gasteiger partial charge in [-0.2, -0.15) is 0 Å². The van der Waals surface area contributed by atoms with Crippen LogP contribution < -0.4 is 5.32 Å². The van der Waals surface area contributed by atoms with E-state index >= 15 is 0 Å². The van der Waals surface area contributed by atoms with Gasteiger partial charge in [-0.05, 0) is 26.5 Å². The van der Waals surface area contributed by atoms with Crippen molar-refractivity contribution in [3.05, 3.63) is 35.5 Å². The standard InChI is InChI=1S/C17H23N3O2/c1-4-9-18-16(22)11-20(3)10-15(21)17-12(2)19-14-8-6-5-7-13(14)17/h5-8,19H,4,9-11H2,1-3H3,(H,18,22). The highest BCUT2D eigenvalue weighted by molar-refractivity contribution is 6.10. The Hall–Kier alpha value is -2.14. The Labute approximate surface area is 130 Å². The number of nitrogens with one attached hydrogen (secondary N) is 2. The van der Waals surface area contributed by atoms with Gasteiger partial charge in [-0.3, -0.25) is 14.5 Å². The highest BCUT2D eigenvalue weighted by Crippen LogP contribution is 2.22. The van der Waals surface area contributed by atoms with Crippen molar-refractivity contribution < 1.29 is 9.59 Å². The molecule has 0 aliphatic rings. The zero-order valence-electron chi connectivity index (χ0n) is 13.4. The molecule has 2 aromatic rings. The summed E-state index contributed by atoms with van der Waals surface area (Å²) >= 11 is 0. The maximum Gasteiger partial charge on any atom is 0.234 e. The van der Waals surface area contributed by atoms with Crippen molar-refractivity contribution in [2.24, 2.45) is 0 Å². The predicted molar refractivity (Wildman–Crippen MR) is 88.2 cm³/mol. The molecule has 1 heterocycles. The molecule has 2 N–H and O–H groups in total. The Balaban J connectivity index is 2.05. The van der Waals surface area contributed by atoms with E-state index in [1.807, 2.05) is 38.1 Å². The normalized spacial score (nSPS) is 11.1. The molecule has 118 valence electrons. The van der Waals surface area contributed by atoms with E-state index in [1.54, 1.807) is 11.9 Å². The number of carbonyl (C=O) groups excluding carboxylic acids is 2. The summed E-state index contributed by atoms with van der Waals surface area (Å²) in [6, 6.07) is 7.77. The Morgan fingerprint density at radius 1 is 1.23 bits per heavy atom. The molecule has 5 nitrogen and oxygen atoms in total. The van der Waals surface area contributed by atoms with Crippen LogP contribution in [0.25, 0.3) is 10.9 Å². The molecule has 0 saturated heterocycles. The van der Waals surface area contributed by atoms with E-state index in [0.717, 1.165) is 28.6 Å². The van der Waals surface area contributed by atoms with Gasteiger partial charge in [-0.25, -0.2) is 0 Å². The Kier molecular flexibility index (Phi) is 5.33. The second-order valence-corrected chi connectivity index (χ2v) is 5.62. The number of hydrogen-bond donors (Lipinski definition) is 2. The topological polar surface area (TPSA) is 65.2 Å². The zero-order valence-corrected chi connectivity index (χ0v) is 13.4. The lowest BCUT2D eigenvalue weighted by molar-refractivity contribution is -0.121. The summed E-state index contributed by atoms with van der Waals surface area (Å²) in [5, 5.41) is 3.75. The van der Waals surface area contributed by atoms with Crippen LogP contribution in [0.3, 0.4) is 0 Å². The highest BCUT2D eigenvalue weighted by Gasteiger charge is 2.18. The summed E-state index contributed by atoms with van der Waals surface area (Å²) in [4.78, 5) is 29.2. The van der Waals surface area contributed by atoms with Crippen molar-refractivity contribution >= 4 is 22.6 Å². The quantitative estimate of drug-likeness (QED) is 0.770. The van der Waals surface area contributed by atoms with Gasteiger partial charge >= 0.3 is 0 Å². The number of carbonyl (C=O) groups is 2. The van der Waals surface area contributed by atoms with E-state index in [0.29, 0.717) is 6.54 Å². The molecule has 2 rings (SSSR count). The number of likely N-dealkylation sites (N-methyl/N-ethyl adjacent to an activating group) is 1. The first-order valence-electron chi connectivity index (χ1n) is 7.58. The number of fused-ring (bicyclic) bond motifs is 1. The smallest absolute Gasteiger partial charge is 0.234 e. The van der Waals surface area contributed by atoms with Gasteiger partial charge in [0, 0.05) is 28.7 Å². The van der Waals surface area contributed by atoms with Crippen LogP contribution in [0.1, 0.15) is 29.4 Å². The van der Waals surface area contributed by atoms with Crippen LogP contribution in [0.2, 0.25) is 0 Å². The number of para-hydroxylation sites is 1. The molecule has 0 unspecified atom stereocenters. The van der Waals surface area contributed by atoms with Gasteiger partial charge in [0.05, 0.1) is 13.1 Å². The molecule has 0 saturated carbocycles. The number of Topliss-reactive ketones (excluding diaryl/α,β-unsaturated/α-hetero) is 1. The number of nitrogens with zero attached hydrogens (tertiary/aromatic N) is 1. The number of hydrogen-bond acceptors (Lipinski definition) is 3. The zero-order chi connectivity index (χ0) is 16.1. The molecule has 1 amide bonds. The van der Waals surface area contributed by atoms with Gasteiger partial charge < -0.3 is 10.3 Å². The third kappa shape index (κ3) is 3.74. The molecular weight excluding hydrogens is 278 g/mol. The number of amides is 1. The number of aryl methyl sites for hydroxylation is 1. The van der Waals surface area contributed by atoms with Crippen LogP contribution in [-0.4, -0.2) is 48.3 Å². The summed E-state index contributed by atoms with van der Waals surface area (Å²) in [5.41, 5.74) is 2.55. The van der Waals surface area contributed by atoms with E-state index in [1.165, 1.54) is 0 Å². The summed E-state index contributed by atoms with van der Waals surface area (Å²) in [5.74, 6) is -0.0199. The average Bonchev–Trinajstić information content (AvgIpc) is 2.80. The molecule has 0 aliphatic carbocycles. The van der Waals surface area contributed by atoms with Crippen molar-refractivity contribution in [3.63, 3.8) is 0 Å². The first-order chi connectivity index (χ1) is 10.5. The lowest BCUT2D eigenvalue weighted by Crippen LogP contribution is -2.37. The monoisotopic (exact) mass is 301 g/mol. The van der Waals surface area contributed by atoms with Gasteiger partial charge in [0.2, 0.25) is 5.91 Å². The minimum atomic E-state index is -0.0483. The maximum absolute atomic E-state index is 12.6. The minimum absolute atomic E-state index is 0.0285. The lowest BCUT2D eigenvalue weighted by Gasteiger charge is -2.15. The van der Waals surface area contributed by atoms with E-state index in [4.69, 9.17) is 0 Å². The number of aromatic nitrogens is 1. The fraction of sp³-hybridized carbons (Fsp3) is 0.412. The van der Waals surface area contributed by atoms with Gasteiger partial charge in [-0.1, -0.05) is 25.1 Å². The Bertz CT molecular complexity index is 676. The van der Waals surface area contributed by atoms with Gasteiger partial charge in [0.1, 0.15) is 0 Å². The van der Waals surface area contributed by atoms with Crippen molar-refractivity contribution in [2.45, 2.75) is 20.3 Å². The van der Waals surface area contributed by atoms with Crippen molar-refractivity contribution in [3.8, 4) is 0 Å². The van der Waals surface area contributed by atoms with Crippen LogP contribution >= 0.6 is 0 Å². The molecule has 1 aromatic carbocycles. The molecule has 1 aromatic heterocycles. The average molecular weight is 301 g/mol. The van der Waals surface area contributed by atoms with Gasteiger partial charge in [0.25, 0.3) is 0 Å². The van der Waals surface area contributed by atoms with Crippen molar-refractivity contribution in [1.29, 1.82) is 0 Å². The van der Waals surface area contributed by atoms with E-state index in [2.05, 4.69) is 10.3 Å². The van der Waals surface area contributed by atoms with Crippen LogP contribution in [-0.2, 0) is 4.79 Å². The van der Waals surface area contributed by atoms with E-state index < -0.39 is 0 Å². The molecule has 0 spiro atoms. The first kappa shape index (κ1) is 16.2. The predicted octanol–water partition coefficient (Wildman–Crippen LogP) is 2.12. The fourth-order valence-electron chi connectivity index (χ4n) is 2.58. The van der Waals surface area contributed by atoms with Crippen LogP contribution in [0.5, 0.6) is 0 Å². The number of ketones is 1. The van der Waals surface area contributed by atoms with E-state index in [9.17, 15) is 9.59 Å². The van der Waals surface area contributed by atoms with Crippen LogP contribution in [0.15, 0.2) is 24.3 Å². The van der Waals surface area contributed by atoms with Crippen molar-refractivity contribution in [2.75, 3.05) is 26.7 Å². The largest absolute Gasteiger partial charge is 0.358 e. The molecule has 0 fully saturated rings. The minimum Gasteiger partial charge on any atom is -0.358 e. The molecule has 0 bridgehead atoms.